The van der Waals surface area contributed by atoms with E-state index in [1.807, 2.05) is 12.1 Å². The van der Waals surface area contributed by atoms with Gasteiger partial charge >= 0.3 is 0 Å². The van der Waals surface area contributed by atoms with Crippen molar-refractivity contribution in [1.29, 1.82) is 0 Å². The van der Waals surface area contributed by atoms with Crippen LogP contribution >= 0.6 is 0 Å². The van der Waals surface area contributed by atoms with Crippen LogP contribution < -0.4 is 5.32 Å². The standard InChI is InChI=1S/C10H14N2OS/c13-14(9-1-5-11-6-2-9)10-3-7-12-8-4-10/h1-2,5-6,10,12H,3-4,7-8H2/t14-/m0/s1. The Morgan fingerprint density at radius 1 is 1.29 bits per heavy atom. The second-order valence-corrected chi connectivity index (χ2v) is 5.16. The van der Waals surface area contributed by atoms with Crippen LogP contribution in [-0.2, 0) is 10.8 Å². The molecule has 1 aromatic rings. The van der Waals surface area contributed by atoms with Gasteiger partial charge in [-0.15, -0.1) is 0 Å². The highest BCUT2D eigenvalue weighted by atomic mass is 32.2. The highest BCUT2D eigenvalue weighted by Gasteiger charge is 2.20. The lowest BCUT2D eigenvalue weighted by molar-refractivity contribution is 0.519. The van der Waals surface area contributed by atoms with Crippen molar-refractivity contribution in [2.24, 2.45) is 0 Å². The second kappa shape index (κ2) is 4.66. The minimum atomic E-state index is -0.850. The van der Waals surface area contributed by atoms with E-state index in [0.717, 1.165) is 30.8 Å². The minimum absolute atomic E-state index is 0.318. The van der Waals surface area contributed by atoms with Crippen LogP contribution in [0.3, 0.4) is 0 Å². The predicted molar refractivity (Wildman–Crippen MR) is 56.5 cm³/mol. The van der Waals surface area contributed by atoms with Crippen LogP contribution in [0, 0.1) is 0 Å². The van der Waals surface area contributed by atoms with E-state index in [4.69, 9.17) is 0 Å². The summed E-state index contributed by atoms with van der Waals surface area (Å²) in [7, 11) is -0.850. The number of rotatable bonds is 2. The maximum atomic E-state index is 12.1. The van der Waals surface area contributed by atoms with E-state index in [-0.39, 0.29) is 0 Å². The van der Waals surface area contributed by atoms with Crippen molar-refractivity contribution in [3.8, 4) is 0 Å². The number of pyridine rings is 1. The van der Waals surface area contributed by atoms with Crippen molar-refractivity contribution in [1.82, 2.24) is 10.3 Å². The van der Waals surface area contributed by atoms with Crippen molar-refractivity contribution in [3.05, 3.63) is 24.5 Å². The molecular weight excluding hydrogens is 196 g/mol. The number of hydrogen-bond donors (Lipinski definition) is 1. The summed E-state index contributed by atoms with van der Waals surface area (Å²) in [5.41, 5.74) is 0. The lowest BCUT2D eigenvalue weighted by Crippen LogP contribution is -2.33. The van der Waals surface area contributed by atoms with E-state index in [9.17, 15) is 4.21 Å². The molecule has 0 aliphatic carbocycles. The summed E-state index contributed by atoms with van der Waals surface area (Å²) in [5.74, 6) is 0. The Labute approximate surface area is 86.4 Å². The van der Waals surface area contributed by atoms with E-state index in [0.29, 0.717) is 5.25 Å². The Kier molecular flexibility index (Phi) is 3.26. The summed E-state index contributed by atoms with van der Waals surface area (Å²) in [6.07, 6.45) is 5.42. The zero-order valence-electron chi connectivity index (χ0n) is 7.98. The Hall–Kier alpha value is -0.740. The number of aromatic nitrogens is 1. The Morgan fingerprint density at radius 2 is 1.93 bits per heavy atom. The first kappa shape index (κ1) is 9.80. The third-order valence-electron chi connectivity index (χ3n) is 2.47. The fourth-order valence-electron chi connectivity index (χ4n) is 1.67. The van der Waals surface area contributed by atoms with Crippen LogP contribution in [-0.4, -0.2) is 27.5 Å². The van der Waals surface area contributed by atoms with Gasteiger partial charge in [-0.3, -0.25) is 9.19 Å². The van der Waals surface area contributed by atoms with Gasteiger partial charge in [-0.1, -0.05) is 0 Å². The lowest BCUT2D eigenvalue weighted by atomic mass is 10.2. The van der Waals surface area contributed by atoms with Crippen LogP contribution in [0.25, 0.3) is 0 Å². The van der Waals surface area contributed by atoms with E-state index < -0.39 is 10.8 Å². The van der Waals surface area contributed by atoms with Gasteiger partial charge in [0.05, 0.1) is 10.8 Å². The van der Waals surface area contributed by atoms with E-state index in [2.05, 4.69) is 10.3 Å². The smallest absolute Gasteiger partial charge is 0.0562 e. The summed E-state index contributed by atoms with van der Waals surface area (Å²) in [6, 6.07) is 3.69. The molecule has 3 nitrogen and oxygen atoms in total. The van der Waals surface area contributed by atoms with Gasteiger partial charge in [0.2, 0.25) is 0 Å². The molecule has 2 heterocycles. The molecule has 0 spiro atoms. The van der Waals surface area contributed by atoms with Gasteiger partial charge in [0.25, 0.3) is 0 Å². The van der Waals surface area contributed by atoms with Gasteiger partial charge in [0.15, 0.2) is 0 Å². The Bertz CT molecular complexity index is 309. The van der Waals surface area contributed by atoms with Crippen molar-refractivity contribution >= 4 is 10.8 Å². The largest absolute Gasteiger partial charge is 0.317 e. The number of nitrogens with zero attached hydrogens (tertiary/aromatic N) is 1. The molecule has 1 aliphatic heterocycles. The van der Waals surface area contributed by atoms with Crippen LogP contribution in [0.1, 0.15) is 12.8 Å². The molecule has 1 saturated heterocycles. The first-order valence-electron chi connectivity index (χ1n) is 4.89. The molecule has 1 fully saturated rings. The molecular formula is C10H14N2OS. The van der Waals surface area contributed by atoms with Gasteiger partial charge in [0.1, 0.15) is 0 Å². The molecule has 4 heteroatoms. The molecule has 1 aromatic heterocycles. The monoisotopic (exact) mass is 210 g/mol. The Morgan fingerprint density at radius 3 is 2.57 bits per heavy atom. The second-order valence-electron chi connectivity index (χ2n) is 3.43. The average molecular weight is 210 g/mol. The maximum Gasteiger partial charge on any atom is 0.0562 e. The molecule has 0 saturated carbocycles. The zero-order valence-corrected chi connectivity index (χ0v) is 8.80. The van der Waals surface area contributed by atoms with Crippen LogP contribution in [0.2, 0.25) is 0 Å². The van der Waals surface area contributed by atoms with Crippen LogP contribution in [0.5, 0.6) is 0 Å². The van der Waals surface area contributed by atoms with Crippen LogP contribution in [0.15, 0.2) is 29.4 Å². The zero-order chi connectivity index (χ0) is 9.80. The molecule has 0 unspecified atom stereocenters. The summed E-state index contributed by atoms with van der Waals surface area (Å²) in [5, 5.41) is 3.59. The number of nitrogens with one attached hydrogen (secondary N) is 1. The third-order valence-corrected chi connectivity index (χ3v) is 4.28. The highest BCUT2D eigenvalue weighted by Crippen LogP contribution is 2.17. The van der Waals surface area contributed by atoms with E-state index in [1.54, 1.807) is 12.4 Å². The van der Waals surface area contributed by atoms with Crippen molar-refractivity contribution in [2.75, 3.05) is 13.1 Å². The molecule has 1 aliphatic rings. The normalized spacial score (nSPS) is 20.6. The molecule has 2 rings (SSSR count). The number of hydrogen-bond acceptors (Lipinski definition) is 3. The highest BCUT2D eigenvalue weighted by molar-refractivity contribution is 7.85. The quantitative estimate of drug-likeness (QED) is 0.790. The molecule has 1 atom stereocenters. The molecule has 0 aromatic carbocycles. The van der Waals surface area contributed by atoms with Crippen molar-refractivity contribution in [3.63, 3.8) is 0 Å². The fourth-order valence-corrected chi connectivity index (χ4v) is 3.11. The molecule has 0 amide bonds. The minimum Gasteiger partial charge on any atom is -0.317 e. The maximum absolute atomic E-state index is 12.1. The summed E-state index contributed by atoms with van der Waals surface area (Å²) in [4.78, 5) is 4.84. The summed E-state index contributed by atoms with van der Waals surface area (Å²) in [6.45, 7) is 1.98. The van der Waals surface area contributed by atoms with Gasteiger partial charge in [0, 0.05) is 22.5 Å². The molecule has 0 radical (unpaired) electrons. The van der Waals surface area contributed by atoms with Crippen molar-refractivity contribution in [2.45, 2.75) is 23.0 Å². The van der Waals surface area contributed by atoms with Gasteiger partial charge in [-0.05, 0) is 38.1 Å². The summed E-state index contributed by atoms with van der Waals surface area (Å²) >= 11 is 0. The first-order valence-corrected chi connectivity index (χ1v) is 6.10. The molecule has 0 bridgehead atoms. The van der Waals surface area contributed by atoms with E-state index >= 15 is 0 Å². The van der Waals surface area contributed by atoms with Gasteiger partial charge in [-0.2, -0.15) is 0 Å². The third kappa shape index (κ3) is 2.19. The average Bonchev–Trinajstić information content (AvgIpc) is 2.30. The van der Waals surface area contributed by atoms with Gasteiger partial charge in [-0.25, -0.2) is 0 Å². The molecule has 14 heavy (non-hydrogen) atoms. The van der Waals surface area contributed by atoms with Crippen LogP contribution in [0.4, 0.5) is 0 Å². The number of piperidine rings is 1. The SMILES string of the molecule is O=[S@@](c1ccncc1)C1CCNCC1. The predicted octanol–water partition coefficient (Wildman–Crippen LogP) is 0.941. The first-order chi connectivity index (χ1) is 6.88. The topological polar surface area (TPSA) is 42.0 Å². The Balaban J connectivity index is 2.07. The van der Waals surface area contributed by atoms with Crippen molar-refractivity contribution < 1.29 is 4.21 Å². The van der Waals surface area contributed by atoms with Gasteiger partial charge < -0.3 is 5.32 Å². The summed E-state index contributed by atoms with van der Waals surface area (Å²) < 4.78 is 12.1. The lowest BCUT2D eigenvalue weighted by Gasteiger charge is -2.21. The molecule has 1 N–H and O–H groups in total. The molecule has 76 valence electrons. The fraction of sp³-hybridized carbons (Fsp3) is 0.500. The van der Waals surface area contributed by atoms with E-state index in [1.165, 1.54) is 0 Å².